The highest BCUT2D eigenvalue weighted by atomic mass is 16.2. The minimum atomic E-state index is -3.65. The van der Waals surface area contributed by atoms with E-state index in [9.17, 15) is 4.79 Å². The zero-order chi connectivity index (χ0) is 26.8. The second kappa shape index (κ2) is 5.64. The number of hydrogen-bond acceptors (Lipinski definition) is 3. The number of carbonyl (C=O) groups is 1. The highest BCUT2D eigenvalue weighted by Gasteiger charge is 2.36. The molecule has 2 bridgehead atoms. The van der Waals surface area contributed by atoms with E-state index in [0.29, 0.717) is 10.9 Å². The first-order valence-corrected chi connectivity index (χ1v) is 7.14. The SMILES string of the molecule is [2H]C1([2H])C([2H])([2H])[C@@]2([2H])N(C)[C@@]([2H])(C([2H])([2H])C(NC(=O)c3nn(C)c4ccccc34)C2([2H])[2H])C1([2H])[2H]. The summed E-state index contributed by atoms with van der Waals surface area (Å²) in [6.07, 6.45) is -17.5. The molecule has 23 heavy (non-hydrogen) atoms. The van der Waals surface area contributed by atoms with Gasteiger partial charge in [-0.2, -0.15) is 5.10 Å². The van der Waals surface area contributed by atoms with Crippen LogP contribution in [0, 0.1) is 0 Å². The van der Waals surface area contributed by atoms with Crippen LogP contribution in [0.25, 0.3) is 10.9 Å². The highest BCUT2D eigenvalue weighted by Crippen LogP contribution is 2.32. The number of piperidine rings is 2. The second-order valence-corrected chi connectivity index (χ2v) is 5.32. The van der Waals surface area contributed by atoms with E-state index in [1.54, 1.807) is 31.3 Å². The lowest BCUT2D eigenvalue weighted by Crippen LogP contribution is -2.55. The van der Waals surface area contributed by atoms with Gasteiger partial charge in [0.2, 0.25) is 0 Å². The molecule has 0 saturated carbocycles. The van der Waals surface area contributed by atoms with E-state index in [0.717, 1.165) is 7.05 Å². The fraction of sp³-hybridized carbons (Fsp3) is 0.556. The predicted octanol–water partition coefficient (Wildman–Crippen LogP) is 2.32. The molecule has 0 unspecified atom stereocenters. The number of carbonyl (C=O) groups excluding carboxylic acids is 1. The van der Waals surface area contributed by atoms with Gasteiger partial charge in [-0.15, -0.1) is 0 Å². The third kappa shape index (κ3) is 2.53. The van der Waals surface area contributed by atoms with Crippen LogP contribution in [0.1, 0.15) is 58.8 Å². The Morgan fingerprint density at radius 2 is 2.00 bits per heavy atom. The summed E-state index contributed by atoms with van der Waals surface area (Å²) in [7, 11) is 2.38. The fourth-order valence-electron chi connectivity index (χ4n) is 2.66. The zero-order valence-electron chi connectivity index (χ0n) is 24.6. The number of amides is 1. The van der Waals surface area contributed by atoms with Crippen LogP contribution in [0.4, 0.5) is 0 Å². The number of rotatable bonds is 2. The van der Waals surface area contributed by atoms with Gasteiger partial charge in [-0.1, -0.05) is 24.6 Å². The van der Waals surface area contributed by atoms with Crippen LogP contribution >= 0.6 is 0 Å². The quantitative estimate of drug-likeness (QED) is 0.922. The molecule has 5 nitrogen and oxygen atoms in total. The van der Waals surface area contributed by atoms with Gasteiger partial charge in [-0.25, -0.2) is 0 Å². The van der Waals surface area contributed by atoms with Crippen molar-refractivity contribution in [2.24, 2.45) is 7.05 Å². The molecule has 1 aromatic heterocycles. The Balaban J connectivity index is 1.93. The Labute approximate surface area is 153 Å². The molecule has 1 aromatic carbocycles. The number of nitrogens with one attached hydrogen (secondary N) is 1. The molecule has 0 spiro atoms. The summed E-state index contributed by atoms with van der Waals surface area (Å²) in [5.74, 6) is -1.07. The monoisotopic (exact) mass is 324 g/mol. The van der Waals surface area contributed by atoms with Crippen molar-refractivity contribution >= 4 is 16.8 Å². The van der Waals surface area contributed by atoms with E-state index in [-0.39, 0.29) is 10.6 Å². The summed E-state index contributed by atoms with van der Waals surface area (Å²) in [5, 5.41) is 6.59. The maximum Gasteiger partial charge on any atom is 0.272 e. The van der Waals surface area contributed by atoms with E-state index < -0.39 is 55.8 Å². The molecule has 2 fully saturated rings. The number of hydrogen-bond donors (Lipinski definition) is 1. The van der Waals surface area contributed by atoms with Gasteiger partial charge in [0.25, 0.3) is 5.91 Å². The van der Waals surface area contributed by atoms with Gasteiger partial charge in [0.05, 0.1) is 5.52 Å². The molecule has 1 N–H and O–H groups in total. The number of nitrogens with zero attached hydrogens (tertiary/aromatic N) is 3. The van der Waals surface area contributed by atoms with E-state index in [1.807, 2.05) is 0 Å². The van der Waals surface area contributed by atoms with E-state index in [4.69, 9.17) is 16.4 Å². The summed E-state index contributed by atoms with van der Waals surface area (Å²) in [4.78, 5) is 13.5. The summed E-state index contributed by atoms with van der Waals surface area (Å²) < 4.78 is 103. The zero-order valence-corrected chi connectivity index (χ0v) is 12.6. The van der Waals surface area contributed by atoms with Crippen molar-refractivity contribution in [1.82, 2.24) is 20.0 Å². The number of para-hydroxylation sites is 1. The van der Waals surface area contributed by atoms with Gasteiger partial charge in [0, 0.05) is 47.0 Å². The topological polar surface area (TPSA) is 50.2 Å². The summed E-state index contributed by atoms with van der Waals surface area (Å²) in [5.41, 5.74) is 0.330. The molecular weight excluding hydrogens is 288 g/mol. The van der Waals surface area contributed by atoms with Gasteiger partial charge in [-0.05, 0) is 38.6 Å². The molecule has 2 saturated heterocycles. The third-order valence-corrected chi connectivity index (χ3v) is 3.84. The lowest BCUT2D eigenvalue weighted by molar-refractivity contribution is 0.0462. The number of aromatic nitrogens is 2. The molecule has 4 rings (SSSR count). The Morgan fingerprint density at radius 1 is 1.30 bits per heavy atom. The van der Waals surface area contributed by atoms with E-state index in [1.165, 1.54) is 4.68 Å². The number of aryl methyl sites for hydroxylation is 1. The molecule has 3 heterocycles. The molecule has 2 aromatic rings. The van der Waals surface area contributed by atoms with Crippen LogP contribution in [0.2, 0.25) is 0 Å². The fourth-order valence-corrected chi connectivity index (χ4v) is 2.66. The lowest BCUT2D eigenvalue weighted by atomic mass is 9.82. The van der Waals surface area contributed by atoms with Crippen LogP contribution in [-0.4, -0.2) is 45.7 Å². The minimum absolute atomic E-state index is 0.210. The van der Waals surface area contributed by atoms with E-state index in [2.05, 4.69) is 10.4 Å². The Kier molecular flexibility index (Phi) is 1.61. The molecule has 2 aliphatic rings. The van der Waals surface area contributed by atoms with Crippen LogP contribution in [0.5, 0.6) is 0 Å². The van der Waals surface area contributed by atoms with Crippen molar-refractivity contribution in [3.8, 4) is 0 Å². The standard InChI is InChI=1S/C18H24N4O/c1-21-13-6-5-7-14(21)11-12(10-13)19-18(23)17-15-8-3-4-9-16(15)22(2)20-17/h3-4,8-9,12-14H,5-7,10-11H2,1-2H3,(H,19,23)/t13-,14-/m1/s1/i5D2,6D2,7D2,10D2,11D2,13D,14D. The average Bonchev–Trinajstić information content (AvgIpc) is 3.10. The molecule has 2 atom stereocenters. The Bertz CT molecular complexity index is 1190. The Morgan fingerprint density at radius 3 is 2.74 bits per heavy atom. The van der Waals surface area contributed by atoms with Gasteiger partial charge in [0.1, 0.15) is 0 Å². The maximum atomic E-state index is 13.3. The number of benzene rings is 1. The molecular formula is C18H24N4O. The smallest absolute Gasteiger partial charge is 0.272 e. The molecule has 1 amide bonds. The molecule has 122 valence electrons. The third-order valence-electron chi connectivity index (χ3n) is 3.84. The molecule has 0 radical (unpaired) electrons. The summed E-state index contributed by atoms with van der Waals surface area (Å²) in [6, 6.07) is -2.49. The minimum Gasteiger partial charge on any atom is -0.348 e. The van der Waals surface area contributed by atoms with Crippen molar-refractivity contribution in [2.45, 2.75) is 49.9 Å². The van der Waals surface area contributed by atoms with Crippen LogP contribution < -0.4 is 5.32 Å². The molecule has 0 aliphatic carbocycles. The van der Waals surface area contributed by atoms with Crippen molar-refractivity contribution in [2.75, 3.05) is 7.05 Å². The highest BCUT2D eigenvalue weighted by molar-refractivity contribution is 6.04. The van der Waals surface area contributed by atoms with Gasteiger partial charge in [0.15, 0.2) is 5.69 Å². The molecule has 2 aliphatic heterocycles. The van der Waals surface area contributed by atoms with Crippen LogP contribution in [0.3, 0.4) is 0 Å². The first kappa shape index (κ1) is 6.55. The Hall–Kier alpha value is -1.88. The maximum absolute atomic E-state index is 13.3. The van der Waals surface area contributed by atoms with Crippen molar-refractivity contribution in [3.63, 3.8) is 0 Å². The molecule has 5 heteroatoms. The summed E-state index contributed by atoms with van der Waals surface area (Å²) in [6.45, 7) is 0. The normalized spacial score (nSPS) is 53.0. The van der Waals surface area contributed by atoms with Gasteiger partial charge >= 0.3 is 0 Å². The average molecular weight is 324 g/mol. The first-order chi connectivity index (χ1) is 15.7. The van der Waals surface area contributed by atoms with Crippen LogP contribution in [0.15, 0.2) is 24.3 Å². The van der Waals surface area contributed by atoms with Crippen molar-refractivity contribution < 1.29 is 21.2 Å². The van der Waals surface area contributed by atoms with Crippen molar-refractivity contribution in [3.05, 3.63) is 30.0 Å². The van der Waals surface area contributed by atoms with Crippen LogP contribution in [-0.2, 0) is 7.05 Å². The predicted molar refractivity (Wildman–Crippen MR) is 90.4 cm³/mol. The van der Waals surface area contributed by atoms with Crippen molar-refractivity contribution in [1.29, 1.82) is 0 Å². The van der Waals surface area contributed by atoms with E-state index >= 15 is 0 Å². The second-order valence-electron chi connectivity index (χ2n) is 5.32. The summed E-state index contributed by atoms with van der Waals surface area (Å²) >= 11 is 0. The van der Waals surface area contributed by atoms with Gasteiger partial charge < -0.3 is 10.2 Å². The largest absolute Gasteiger partial charge is 0.348 e. The van der Waals surface area contributed by atoms with Gasteiger partial charge in [-0.3, -0.25) is 9.48 Å². The lowest BCUT2D eigenvalue weighted by Gasteiger charge is -2.47. The first-order valence-electron chi connectivity index (χ1n) is 13.1. The number of fused-ring (bicyclic) bond motifs is 3.